The van der Waals surface area contributed by atoms with E-state index in [9.17, 15) is 15.0 Å². The smallest absolute Gasteiger partial charge is 0.335 e. The van der Waals surface area contributed by atoms with Crippen molar-refractivity contribution >= 4 is 39.2 Å². The number of aliphatic imine (C=N–C) groups is 1. The van der Waals surface area contributed by atoms with Crippen LogP contribution in [-0.2, 0) is 20.6 Å². The van der Waals surface area contributed by atoms with E-state index in [0.29, 0.717) is 16.7 Å². The number of carbonyl (C=O) groups is 1. The van der Waals surface area contributed by atoms with E-state index in [1.165, 1.54) is 24.8 Å². The van der Waals surface area contributed by atoms with E-state index in [0.717, 1.165) is 47.3 Å². The second-order valence-electron chi connectivity index (χ2n) is 10.5. The molecule has 39 heavy (non-hydrogen) atoms. The monoisotopic (exact) mass is 520 g/mol. The molecule has 3 aromatic carbocycles. The Hall–Kier alpha value is -4.36. The molecule has 2 N–H and O–H groups in total. The van der Waals surface area contributed by atoms with Crippen molar-refractivity contribution in [2.45, 2.75) is 25.8 Å². The largest absolute Gasteiger partial charge is 0.494 e. The van der Waals surface area contributed by atoms with Crippen LogP contribution in [0.3, 0.4) is 0 Å². The average molecular weight is 521 g/mol. The van der Waals surface area contributed by atoms with Crippen molar-refractivity contribution in [2.24, 2.45) is 19.1 Å². The molecule has 1 fully saturated rings. The maximum atomic E-state index is 11.8. The number of nitrogens with zero attached hydrogens (tertiary/aromatic N) is 4. The zero-order valence-electron chi connectivity index (χ0n) is 22.3. The lowest BCUT2D eigenvalue weighted by molar-refractivity contribution is 0.0697. The molecule has 1 aliphatic heterocycles. The minimum absolute atomic E-state index is 0.0427. The molecule has 0 aliphatic carbocycles. The van der Waals surface area contributed by atoms with Crippen LogP contribution in [0, 0.1) is 0 Å². The van der Waals surface area contributed by atoms with Gasteiger partial charge < -0.3 is 19.3 Å². The van der Waals surface area contributed by atoms with Crippen LogP contribution < -0.4 is 0 Å². The van der Waals surface area contributed by atoms with Gasteiger partial charge in [-0.05, 0) is 80.0 Å². The van der Waals surface area contributed by atoms with Crippen molar-refractivity contribution in [3.63, 3.8) is 0 Å². The van der Waals surface area contributed by atoms with Gasteiger partial charge in [0, 0.05) is 48.7 Å². The van der Waals surface area contributed by atoms with Gasteiger partial charge in [-0.25, -0.2) is 9.79 Å². The molecule has 5 aromatic rings. The number of carboxylic acid groups (broad SMARTS) is 1. The number of likely N-dealkylation sites (tertiary alicyclic amines) is 1. The van der Waals surface area contributed by atoms with Gasteiger partial charge in [-0.3, -0.25) is 4.90 Å². The Morgan fingerprint density at radius 3 is 2.33 bits per heavy atom. The summed E-state index contributed by atoms with van der Waals surface area (Å²) in [4.78, 5) is 19.4. The van der Waals surface area contributed by atoms with E-state index in [2.05, 4.69) is 33.7 Å². The van der Waals surface area contributed by atoms with E-state index in [4.69, 9.17) is 4.99 Å². The lowest BCUT2D eigenvalue weighted by Gasteiger charge is -2.26. The first-order chi connectivity index (χ1) is 18.9. The average Bonchev–Trinajstić information content (AvgIpc) is 3.44. The van der Waals surface area contributed by atoms with Gasteiger partial charge in [0.25, 0.3) is 0 Å². The van der Waals surface area contributed by atoms with Gasteiger partial charge in [-0.2, -0.15) is 0 Å². The minimum Gasteiger partial charge on any atom is -0.494 e. The van der Waals surface area contributed by atoms with Crippen LogP contribution in [0.5, 0.6) is 5.88 Å². The molecule has 198 valence electrons. The molecule has 0 atom stereocenters. The van der Waals surface area contributed by atoms with Gasteiger partial charge in [0.05, 0.1) is 28.0 Å². The highest BCUT2D eigenvalue weighted by atomic mass is 16.4. The first-order valence-electron chi connectivity index (χ1n) is 13.4. The van der Waals surface area contributed by atoms with Gasteiger partial charge >= 0.3 is 5.97 Å². The van der Waals surface area contributed by atoms with Gasteiger partial charge in [-0.15, -0.1) is 0 Å². The summed E-state index contributed by atoms with van der Waals surface area (Å²) >= 11 is 0. The molecule has 0 bridgehead atoms. The Kier molecular flexibility index (Phi) is 6.45. The maximum absolute atomic E-state index is 11.8. The van der Waals surface area contributed by atoms with Crippen LogP contribution in [0.4, 0.5) is 5.69 Å². The number of benzene rings is 3. The lowest BCUT2D eigenvalue weighted by atomic mass is 9.98. The van der Waals surface area contributed by atoms with Crippen molar-refractivity contribution in [1.82, 2.24) is 14.0 Å². The minimum atomic E-state index is -1.01. The van der Waals surface area contributed by atoms with E-state index in [-0.39, 0.29) is 11.4 Å². The highest BCUT2D eigenvalue weighted by Gasteiger charge is 2.23. The van der Waals surface area contributed by atoms with Gasteiger partial charge in [-0.1, -0.05) is 24.6 Å². The van der Waals surface area contributed by atoms with Crippen molar-refractivity contribution in [3.05, 3.63) is 95.2 Å². The third kappa shape index (κ3) is 4.70. The molecule has 0 spiro atoms. The molecule has 0 saturated carbocycles. The predicted molar refractivity (Wildman–Crippen MR) is 155 cm³/mol. The molecule has 6 rings (SSSR count). The molecule has 0 radical (unpaired) electrons. The highest BCUT2D eigenvalue weighted by Crippen LogP contribution is 2.35. The summed E-state index contributed by atoms with van der Waals surface area (Å²) < 4.78 is 3.74. The summed E-state index contributed by atoms with van der Waals surface area (Å²) in [6.07, 6.45) is 5.85. The summed E-state index contributed by atoms with van der Waals surface area (Å²) in [5, 5.41) is 22.7. The highest BCUT2D eigenvalue weighted by molar-refractivity contribution is 6.23. The van der Waals surface area contributed by atoms with Gasteiger partial charge in [0.1, 0.15) is 0 Å². The number of hydrogen-bond acceptors (Lipinski definition) is 4. The SMILES string of the molecule is Cn1ccc2cc(C(=Nc3ccc(CN4CCCCC4)cc3)c3c(O)n(C)c4ccc(C(=O)O)cc34)ccc21. The van der Waals surface area contributed by atoms with Crippen molar-refractivity contribution in [2.75, 3.05) is 13.1 Å². The van der Waals surface area contributed by atoms with Gasteiger partial charge in [0.2, 0.25) is 5.88 Å². The number of aromatic carboxylic acids is 1. The third-order valence-electron chi connectivity index (χ3n) is 7.84. The Balaban J connectivity index is 1.49. The van der Waals surface area contributed by atoms with Crippen LogP contribution >= 0.6 is 0 Å². The zero-order chi connectivity index (χ0) is 27.1. The summed E-state index contributed by atoms with van der Waals surface area (Å²) in [6, 6.07) is 21.4. The molecule has 7 heteroatoms. The first-order valence-corrected chi connectivity index (χ1v) is 13.4. The lowest BCUT2D eigenvalue weighted by Crippen LogP contribution is -2.28. The van der Waals surface area contributed by atoms with Crippen molar-refractivity contribution < 1.29 is 15.0 Å². The molecule has 1 saturated heterocycles. The Labute approximate surface area is 227 Å². The van der Waals surface area contributed by atoms with E-state index < -0.39 is 5.97 Å². The number of fused-ring (bicyclic) bond motifs is 2. The van der Waals surface area contributed by atoms with Crippen LogP contribution in [0.2, 0.25) is 0 Å². The molecular weight excluding hydrogens is 488 g/mol. The zero-order valence-corrected chi connectivity index (χ0v) is 22.3. The van der Waals surface area contributed by atoms with Crippen LogP contribution in [0.25, 0.3) is 21.8 Å². The number of piperidine rings is 1. The first kappa shape index (κ1) is 24.9. The fourth-order valence-electron chi connectivity index (χ4n) is 5.67. The van der Waals surface area contributed by atoms with E-state index in [1.807, 2.05) is 37.5 Å². The third-order valence-corrected chi connectivity index (χ3v) is 7.84. The molecule has 7 nitrogen and oxygen atoms in total. The normalized spacial score (nSPS) is 14.9. The maximum Gasteiger partial charge on any atom is 0.335 e. The fourth-order valence-corrected chi connectivity index (χ4v) is 5.67. The van der Waals surface area contributed by atoms with Gasteiger partial charge in [0.15, 0.2) is 0 Å². The molecule has 3 heterocycles. The molecule has 0 amide bonds. The van der Waals surface area contributed by atoms with Crippen LogP contribution in [0.1, 0.15) is 46.3 Å². The molecule has 1 aliphatic rings. The number of carboxylic acids is 1. The summed E-state index contributed by atoms with van der Waals surface area (Å²) in [5.41, 5.74) is 5.96. The summed E-state index contributed by atoms with van der Waals surface area (Å²) in [5.74, 6) is -0.971. The Morgan fingerprint density at radius 2 is 1.59 bits per heavy atom. The molecular formula is C32H32N4O3. The Bertz CT molecular complexity index is 1720. The molecule has 2 aromatic heterocycles. The number of rotatable bonds is 6. The second-order valence-corrected chi connectivity index (χ2v) is 10.5. The number of aromatic hydroxyl groups is 1. The van der Waals surface area contributed by atoms with E-state index in [1.54, 1.807) is 29.8 Å². The van der Waals surface area contributed by atoms with Crippen molar-refractivity contribution in [3.8, 4) is 5.88 Å². The molecule has 0 unspecified atom stereocenters. The topological polar surface area (TPSA) is 83.0 Å². The predicted octanol–water partition coefficient (Wildman–Crippen LogP) is 6.23. The van der Waals surface area contributed by atoms with E-state index >= 15 is 0 Å². The second kappa shape index (κ2) is 10.1. The summed E-state index contributed by atoms with van der Waals surface area (Å²) in [7, 11) is 3.78. The standard InChI is InChI=1S/C32H32N4O3/c1-34-17-14-22-18-23(8-12-27(22)34)30(29-26-19-24(32(38)39)9-13-28(26)35(2)31(29)37)33-25-10-6-21(7-11-25)20-36-15-4-3-5-16-36/h6-14,17-19,37H,3-5,15-16,20H2,1-2H3,(H,38,39). The number of aryl methyl sites for hydroxylation is 2. The number of hydrogen-bond donors (Lipinski definition) is 2. The van der Waals surface area contributed by atoms with Crippen molar-refractivity contribution in [1.29, 1.82) is 0 Å². The Morgan fingerprint density at radius 1 is 0.872 bits per heavy atom. The van der Waals surface area contributed by atoms with Crippen LogP contribution in [0.15, 0.2) is 77.9 Å². The fraction of sp³-hybridized carbons (Fsp3) is 0.250. The van der Waals surface area contributed by atoms with Crippen LogP contribution in [-0.4, -0.2) is 49.0 Å². The summed E-state index contributed by atoms with van der Waals surface area (Å²) in [6.45, 7) is 3.22. The number of aromatic nitrogens is 2. The quantitative estimate of drug-likeness (QED) is 0.260.